The highest BCUT2D eigenvalue weighted by atomic mass is 19.1. The highest BCUT2D eigenvalue weighted by Gasteiger charge is 2.32. The highest BCUT2D eigenvalue weighted by Crippen LogP contribution is 2.29. The quantitative estimate of drug-likeness (QED) is 0.320. The Morgan fingerprint density at radius 3 is 2.62 bits per heavy atom. The number of carboxylic acid groups (broad SMARTS) is 1. The first-order valence-electron chi connectivity index (χ1n) is 12.4. The number of nitrogens with zero attached hydrogens (tertiary/aromatic N) is 6. The third kappa shape index (κ3) is 4.92. The number of aromatic nitrogens is 5. The minimum atomic E-state index is -1.16. The Bertz CT molecular complexity index is 1660. The van der Waals surface area contributed by atoms with Crippen LogP contribution in [0.2, 0.25) is 0 Å². The fourth-order valence-corrected chi connectivity index (χ4v) is 4.59. The Labute approximate surface area is 226 Å². The molecule has 3 aromatic heterocycles. The van der Waals surface area contributed by atoms with Gasteiger partial charge in [0.05, 0.1) is 31.6 Å². The molecule has 1 fully saturated rings. The SMILES string of the molecule is O=C(O)[C@@H]1COCCN1c1nc(-c2cc(-c3ccon3)n(Cc3ccc(-c4ccccc4)cc3F)n2)ncc1F. The number of hydrogen-bond acceptors (Lipinski definition) is 8. The smallest absolute Gasteiger partial charge is 0.328 e. The van der Waals surface area contributed by atoms with Crippen molar-refractivity contribution in [1.82, 2.24) is 24.9 Å². The predicted molar refractivity (Wildman–Crippen MR) is 139 cm³/mol. The molecule has 6 rings (SSSR count). The summed E-state index contributed by atoms with van der Waals surface area (Å²) in [4.78, 5) is 21.5. The lowest BCUT2D eigenvalue weighted by Gasteiger charge is -2.33. The van der Waals surface area contributed by atoms with Crippen molar-refractivity contribution in [2.45, 2.75) is 12.6 Å². The normalized spacial score (nSPS) is 15.3. The zero-order chi connectivity index (χ0) is 27.6. The second-order valence-corrected chi connectivity index (χ2v) is 9.12. The average Bonchev–Trinajstić information content (AvgIpc) is 3.65. The van der Waals surface area contributed by atoms with Crippen LogP contribution in [0.1, 0.15) is 5.56 Å². The van der Waals surface area contributed by atoms with Gasteiger partial charge in [-0.05, 0) is 23.3 Å². The molecule has 5 aromatic rings. The van der Waals surface area contributed by atoms with E-state index in [0.29, 0.717) is 17.0 Å². The molecule has 4 heterocycles. The summed E-state index contributed by atoms with van der Waals surface area (Å²) < 4.78 is 41.8. The van der Waals surface area contributed by atoms with Crippen LogP contribution in [0.3, 0.4) is 0 Å². The first-order valence-corrected chi connectivity index (χ1v) is 12.4. The van der Waals surface area contributed by atoms with Crippen molar-refractivity contribution in [3.05, 3.63) is 90.3 Å². The second kappa shape index (κ2) is 10.7. The van der Waals surface area contributed by atoms with Crippen molar-refractivity contribution in [2.75, 3.05) is 24.7 Å². The number of benzene rings is 2. The number of rotatable bonds is 7. The van der Waals surface area contributed by atoms with Crippen molar-refractivity contribution in [1.29, 1.82) is 0 Å². The van der Waals surface area contributed by atoms with E-state index >= 15 is 4.39 Å². The van der Waals surface area contributed by atoms with Gasteiger partial charge in [0.25, 0.3) is 0 Å². The average molecular weight is 545 g/mol. The molecule has 0 spiro atoms. The number of carboxylic acids is 1. The fourth-order valence-electron chi connectivity index (χ4n) is 4.59. The van der Waals surface area contributed by atoms with E-state index in [2.05, 4.69) is 20.2 Å². The van der Waals surface area contributed by atoms with E-state index in [0.717, 1.165) is 17.3 Å². The lowest BCUT2D eigenvalue weighted by molar-refractivity contribution is -0.141. The summed E-state index contributed by atoms with van der Waals surface area (Å²) in [6.07, 6.45) is 2.38. The topological polar surface area (TPSA) is 119 Å². The first kappa shape index (κ1) is 25.3. The molecule has 10 nitrogen and oxygen atoms in total. The fraction of sp³-hybridized carbons (Fsp3) is 0.179. The van der Waals surface area contributed by atoms with Crippen molar-refractivity contribution in [2.24, 2.45) is 0 Å². The number of ether oxygens (including phenoxy) is 1. The molecule has 12 heteroatoms. The summed E-state index contributed by atoms with van der Waals surface area (Å²) in [6, 6.07) is 16.7. The van der Waals surface area contributed by atoms with E-state index in [1.54, 1.807) is 18.2 Å². The first-order chi connectivity index (χ1) is 19.5. The molecule has 1 atom stereocenters. The van der Waals surface area contributed by atoms with E-state index in [1.165, 1.54) is 21.9 Å². The number of aliphatic carboxylic acids is 1. The molecule has 2 aromatic carbocycles. The van der Waals surface area contributed by atoms with Gasteiger partial charge < -0.3 is 19.3 Å². The van der Waals surface area contributed by atoms with Crippen LogP contribution in [0, 0.1) is 11.6 Å². The van der Waals surface area contributed by atoms with Gasteiger partial charge in [0.15, 0.2) is 23.5 Å². The van der Waals surface area contributed by atoms with Gasteiger partial charge in [-0.25, -0.2) is 23.5 Å². The van der Waals surface area contributed by atoms with Crippen LogP contribution in [0.25, 0.3) is 34.0 Å². The van der Waals surface area contributed by atoms with Crippen LogP contribution >= 0.6 is 0 Å². The molecule has 1 aliphatic heterocycles. The van der Waals surface area contributed by atoms with Gasteiger partial charge in [-0.2, -0.15) is 5.10 Å². The van der Waals surface area contributed by atoms with Gasteiger partial charge in [-0.15, -0.1) is 0 Å². The zero-order valence-corrected chi connectivity index (χ0v) is 20.9. The molecule has 1 saturated heterocycles. The molecular weight excluding hydrogens is 522 g/mol. The van der Waals surface area contributed by atoms with E-state index in [4.69, 9.17) is 9.26 Å². The molecule has 202 valence electrons. The lowest BCUT2D eigenvalue weighted by atomic mass is 10.0. The number of morpholine rings is 1. The number of anilines is 1. The van der Waals surface area contributed by atoms with Crippen molar-refractivity contribution in [3.63, 3.8) is 0 Å². The Kier molecular flexibility index (Phi) is 6.74. The van der Waals surface area contributed by atoms with Crippen LogP contribution < -0.4 is 4.90 Å². The second-order valence-electron chi connectivity index (χ2n) is 9.12. The molecule has 1 N–H and O–H groups in total. The maximum Gasteiger partial charge on any atom is 0.328 e. The predicted octanol–water partition coefficient (Wildman–Crippen LogP) is 4.28. The molecule has 40 heavy (non-hydrogen) atoms. The maximum atomic E-state index is 15.2. The Balaban J connectivity index is 1.36. The molecule has 0 saturated carbocycles. The number of hydrogen-bond donors (Lipinski definition) is 1. The van der Waals surface area contributed by atoms with Gasteiger partial charge in [0.1, 0.15) is 23.5 Å². The Morgan fingerprint density at radius 2 is 1.88 bits per heavy atom. The summed E-state index contributed by atoms with van der Waals surface area (Å²) in [6.45, 7) is 0.318. The van der Waals surface area contributed by atoms with Gasteiger partial charge in [-0.1, -0.05) is 47.6 Å². The molecule has 1 aliphatic rings. The summed E-state index contributed by atoms with van der Waals surface area (Å²) in [5, 5.41) is 18.2. The standard InChI is InChI=1S/C28H22F2N6O4/c29-20-12-18(17-4-2-1-3-5-17)6-7-19(20)15-36-24(22-8-10-40-34-22)13-23(33-36)26-31-14-21(30)27(32-26)35-9-11-39-16-25(35)28(37)38/h1-8,10,12-14,25H,9,11,15-16H2,(H,37,38)/t25-/m0/s1. The summed E-state index contributed by atoms with van der Waals surface area (Å²) in [5.74, 6) is -2.43. The molecule has 0 bridgehead atoms. The van der Waals surface area contributed by atoms with Gasteiger partial charge in [0, 0.05) is 18.2 Å². The van der Waals surface area contributed by atoms with E-state index in [1.807, 2.05) is 36.4 Å². The van der Waals surface area contributed by atoms with Gasteiger partial charge in [0.2, 0.25) is 0 Å². The van der Waals surface area contributed by atoms with Crippen molar-refractivity contribution < 1.29 is 27.9 Å². The molecule has 0 aliphatic carbocycles. The Hall–Kier alpha value is -4.97. The van der Waals surface area contributed by atoms with Gasteiger partial charge in [-0.3, -0.25) is 4.68 Å². The number of halogens is 2. The molecule has 0 amide bonds. The number of carbonyl (C=O) groups is 1. The highest BCUT2D eigenvalue weighted by molar-refractivity contribution is 5.78. The van der Waals surface area contributed by atoms with Crippen LogP contribution in [-0.2, 0) is 16.1 Å². The largest absolute Gasteiger partial charge is 0.480 e. The van der Waals surface area contributed by atoms with Crippen LogP contribution in [0.4, 0.5) is 14.6 Å². The lowest BCUT2D eigenvalue weighted by Crippen LogP contribution is -2.50. The summed E-state index contributed by atoms with van der Waals surface area (Å²) in [7, 11) is 0. The monoisotopic (exact) mass is 544 g/mol. The van der Waals surface area contributed by atoms with Crippen LogP contribution in [0.15, 0.2) is 77.6 Å². The minimum Gasteiger partial charge on any atom is -0.480 e. The van der Waals surface area contributed by atoms with E-state index < -0.39 is 23.6 Å². The molecule has 0 radical (unpaired) electrons. The van der Waals surface area contributed by atoms with Crippen LogP contribution in [0.5, 0.6) is 0 Å². The third-order valence-electron chi connectivity index (χ3n) is 6.60. The van der Waals surface area contributed by atoms with Gasteiger partial charge >= 0.3 is 5.97 Å². The summed E-state index contributed by atoms with van der Waals surface area (Å²) >= 11 is 0. The molecule has 0 unspecified atom stereocenters. The summed E-state index contributed by atoms with van der Waals surface area (Å²) in [5.41, 5.74) is 3.24. The molecular formula is C28H22F2N6O4. The minimum absolute atomic E-state index is 0.0572. The Morgan fingerprint density at radius 1 is 1.02 bits per heavy atom. The maximum absolute atomic E-state index is 15.2. The van der Waals surface area contributed by atoms with Crippen molar-refractivity contribution in [3.8, 4) is 34.0 Å². The van der Waals surface area contributed by atoms with Crippen LogP contribution in [-0.4, -0.2) is 61.8 Å². The zero-order valence-electron chi connectivity index (χ0n) is 20.9. The van der Waals surface area contributed by atoms with Crippen molar-refractivity contribution >= 4 is 11.8 Å². The van der Waals surface area contributed by atoms with E-state index in [-0.39, 0.29) is 43.6 Å². The van der Waals surface area contributed by atoms with E-state index in [9.17, 15) is 14.3 Å². The third-order valence-corrected chi connectivity index (χ3v) is 6.60.